The van der Waals surface area contributed by atoms with Crippen molar-refractivity contribution in [3.8, 4) is 0 Å². The van der Waals surface area contributed by atoms with Gasteiger partial charge in [-0.3, -0.25) is 4.90 Å². The number of rotatable bonds is 4. The summed E-state index contributed by atoms with van der Waals surface area (Å²) in [5.74, 6) is 0.752. The van der Waals surface area contributed by atoms with Crippen LogP contribution in [0.15, 0.2) is 0 Å². The Morgan fingerprint density at radius 2 is 1.84 bits per heavy atom. The fourth-order valence-corrected chi connectivity index (χ4v) is 3.94. The number of hydrogen-bond acceptors (Lipinski definition) is 4. The Morgan fingerprint density at radius 3 is 2.26 bits per heavy atom. The van der Waals surface area contributed by atoms with Gasteiger partial charge in [-0.05, 0) is 52.5 Å². The van der Waals surface area contributed by atoms with Gasteiger partial charge in [0.1, 0.15) is 0 Å². The Hall–Kier alpha value is -0.160. The number of nitrogens with two attached hydrogens (primary N) is 1. The van der Waals surface area contributed by atoms with Crippen LogP contribution in [0.4, 0.5) is 0 Å². The highest BCUT2D eigenvalue weighted by Crippen LogP contribution is 2.33. The molecule has 19 heavy (non-hydrogen) atoms. The van der Waals surface area contributed by atoms with Gasteiger partial charge in [-0.25, -0.2) is 0 Å². The minimum absolute atomic E-state index is 0.269. The van der Waals surface area contributed by atoms with E-state index in [2.05, 4.69) is 42.6 Å². The van der Waals surface area contributed by atoms with Crippen molar-refractivity contribution in [3.63, 3.8) is 0 Å². The molecule has 0 aromatic heterocycles. The van der Waals surface area contributed by atoms with E-state index in [1.165, 1.54) is 45.6 Å². The van der Waals surface area contributed by atoms with Crippen molar-refractivity contribution < 1.29 is 0 Å². The minimum Gasteiger partial charge on any atom is -0.329 e. The van der Waals surface area contributed by atoms with Gasteiger partial charge in [-0.15, -0.1) is 0 Å². The van der Waals surface area contributed by atoms with Crippen molar-refractivity contribution >= 4 is 0 Å². The summed E-state index contributed by atoms with van der Waals surface area (Å²) < 4.78 is 0. The molecule has 0 amide bonds. The van der Waals surface area contributed by atoms with Gasteiger partial charge in [-0.1, -0.05) is 13.8 Å². The van der Waals surface area contributed by atoms with Crippen LogP contribution in [0.5, 0.6) is 0 Å². The molecule has 0 aromatic rings. The van der Waals surface area contributed by atoms with Crippen molar-refractivity contribution in [3.05, 3.63) is 0 Å². The van der Waals surface area contributed by atoms with Gasteiger partial charge < -0.3 is 15.5 Å². The molecule has 0 saturated carbocycles. The molecule has 2 unspecified atom stereocenters. The summed E-state index contributed by atoms with van der Waals surface area (Å²) in [5.41, 5.74) is 6.47. The molecular formula is C15H32N4. The van der Waals surface area contributed by atoms with Crippen LogP contribution in [-0.4, -0.2) is 79.6 Å². The molecule has 2 fully saturated rings. The smallest absolute Gasteiger partial charge is 0.0356 e. The lowest BCUT2D eigenvalue weighted by molar-refractivity contribution is 0.0403. The SMILES string of the molecule is CCN1CCC(CN)(N2CC(C)C(N(C)C)C2)CC1. The average molecular weight is 268 g/mol. The maximum absolute atomic E-state index is 6.20. The van der Waals surface area contributed by atoms with Crippen molar-refractivity contribution in [2.75, 3.05) is 53.4 Å². The largest absolute Gasteiger partial charge is 0.329 e. The summed E-state index contributed by atoms with van der Waals surface area (Å²) in [6, 6.07) is 0.688. The molecule has 2 heterocycles. The zero-order valence-corrected chi connectivity index (χ0v) is 13.2. The number of piperidine rings is 1. The average Bonchev–Trinajstić information content (AvgIpc) is 2.81. The molecular weight excluding hydrogens is 236 g/mol. The number of likely N-dealkylation sites (tertiary alicyclic amines) is 2. The van der Waals surface area contributed by atoms with Crippen LogP contribution in [0, 0.1) is 5.92 Å². The Kier molecular flexibility index (Phi) is 4.88. The molecule has 0 aliphatic carbocycles. The molecule has 2 aliphatic rings. The molecule has 0 aromatic carbocycles. The van der Waals surface area contributed by atoms with Crippen molar-refractivity contribution in [1.29, 1.82) is 0 Å². The Labute approximate surface area is 118 Å². The first-order valence-corrected chi connectivity index (χ1v) is 7.86. The van der Waals surface area contributed by atoms with Gasteiger partial charge in [-0.2, -0.15) is 0 Å². The minimum atomic E-state index is 0.269. The second kappa shape index (κ2) is 6.08. The van der Waals surface area contributed by atoms with Gasteiger partial charge in [0.05, 0.1) is 0 Å². The van der Waals surface area contributed by atoms with Crippen LogP contribution in [0.3, 0.4) is 0 Å². The van der Waals surface area contributed by atoms with E-state index in [1.807, 2.05) is 0 Å². The summed E-state index contributed by atoms with van der Waals surface area (Å²) in [5, 5.41) is 0. The van der Waals surface area contributed by atoms with E-state index < -0.39 is 0 Å². The van der Waals surface area contributed by atoms with Gasteiger partial charge in [0.2, 0.25) is 0 Å². The quantitative estimate of drug-likeness (QED) is 0.813. The zero-order valence-electron chi connectivity index (χ0n) is 13.2. The first-order chi connectivity index (χ1) is 9.02. The molecule has 2 aliphatic heterocycles. The van der Waals surface area contributed by atoms with E-state index in [-0.39, 0.29) is 5.54 Å². The van der Waals surface area contributed by atoms with Gasteiger partial charge in [0.15, 0.2) is 0 Å². The molecule has 0 radical (unpaired) electrons. The third-order valence-corrected chi connectivity index (χ3v) is 5.52. The third kappa shape index (κ3) is 2.97. The summed E-state index contributed by atoms with van der Waals surface area (Å²) in [6.07, 6.45) is 2.48. The topological polar surface area (TPSA) is 35.7 Å². The first-order valence-electron chi connectivity index (χ1n) is 7.86. The molecule has 112 valence electrons. The maximum Gasteiger partial charge on any atom is 0.0356 e. The number of likely N-dealkylation sites (N-methyl/N-ethyl adjacent to an activating group) is 1. The van der Waals surface area contributed by atoms with E-state index in [9.17, 15) is 0 Å². The fourth-order valence-electron chi connectivity index (χ4n) is 3.94. The van der Waals surface area contributed by atoms with Crippen LogP contribution < -0.4 is 5.73 Å². The molecule has 2 rings (SSSR count). The van der Waals surface area contributed by atoms with Crippen LogP contribution >= 0.6 is 0 Å². The van der Waals surface area contributed by atoms with Crippen molar-refractivity contribution in [1.82, 2.24) is 14.7 Å². The highest BCUT2D eigenvalue weighted by molar-refractivity contribution is 5.01. The zero-order chi connectivity index (χ0) is 14.0. The molecule has 2 saturated heterocycles. The summed E-state index contributed by atoms with van der Waals surface area (Å²) in [4.78, 5) is 7.64. The number of nitrogens with zero attached hydrogens (tertiary/aromatic N) is 3. The van der Waals surface area contributed by atoms with E-state index in [0.29, 0.717) is 6.04 Å². The molecule has 2 atom stereocenters. The summed E-state index contributed by atoms with van der Waals surface area (Å²) in [6.45, 7) is 11.5. The van der Waals surface area contributed by atoms with Gasteiger partial charge in [0, 0.05) is 31.2 Å². The van der Waals surface area contributed by atoms with Crippen LogP contribution in [0.2, 0.25) is 0 Å². The Morgan fingerprint density at radius 1 is 1.21 bits per heavy atom. The lowest BCUT2D eigenvalue weighted by Gasteiger charge is -2.47. The van der Waals surface area contributed by atoms with E-state index in [4.69, 9.17) is 5.73 Å². The van der Waals surface area contributed by atoms with Crippen LogP contribution in [0.25, 0.3) is 0 Å². The van der Waals surface area contributed by atoms with Crippen molar-refractivity contribution in [2.45, 2.75) is 38.3 Å². The van der Waals surface area contributed by atoms with E-state index in [1.54, 1.807) is 0 Å². The summed E-state index contributed by atoms with van der Waals surface area (Å²) >= 11 is 0. The molecule has 0 bridgehead atoms. The second-order valence-electron chi connectivity index (χ2n) is 6.78. The summed E-state index contributed by atoms with van der Waals surface area (Å²) in [7, 11) is 4.42. The van der Waals surface area contributed by atoms with E-state index >= 15 is 0 Å². The normalized spacial score (nSPS) is 33.2. The van der Waals surface area contributed by atoms with Gasteiger partial charge >= 0.3 is 0 Å². The predicted octanol–water partition coefficient (Wildman–Crippen LogP) is 0.682. The number of hydrogen-bond donors (Lipinski definition) is 1. The van der Waals surface area contributed by atoms with Crippen LogP contribution in [0.1, 0.15) is 26.7 Å². The first kappa shape index (κ1) is 15.2. The van der Waals surface area contributed by atoms with E-state index in [0.717, 1.165) is 12.5 Å². The predicted molar refractivity (Wildman–Crippen MR) is 81.3 cm³/mol. The lowest BCUT2D eigenvalue weighted by Crippen LogP contribution is -2.59. The Balaban J connectivity index is 2.03. The van der Waals surface area contributed by atoms with Crippen molar-refractivity contribution in [2.24, 2.45) is 11.7 Å². The molecule has 2 N–H and O–H groups in total. The Bertz CT molecular complexity index is 284. The molecule has 0 spiro atoms. The maximum atomic E-state index is 6.20. The molecule has 4 nitrogen and oxygen atoms in total. The second-order valence-corrected chi connectivity index (χ2v) is 6.78. The van der Waals surface area contributed by atoms with Crippen LogP contribution in [-0.2, 0) is 0 Å². The standard InChI is InChI=1S/C15H32N4/c1-5-18-8-6-15(12-16,7-9-18)19-10-13(2)14(11-19)17(3)4/h13-14H,5-12,16H2,1-4H3. The monoisotopic (exact) mass is 268 g/mol. The molecule has 4 heteroatoms. The van der Waals surface area contributed by atoms with Gasteiger partial charge in [0.25, 0.3) is 0 Å². The lowest BCUT2D eigenvalue weighted by atomic mass is 9.85. The third-order valence-electron chi connectivity index (χ3n) is 5.52. The fraction of sp³-hybridized carbons (Fsp3) is 1.00. The highest BCUT2D eigenvalue weighted by Gasteiger charge is 2.44. The highest BCUT2D eigenvalue weighted by atomic mass is 15.3.